The van der Waals surface area contributed by atoms with E-state index in [-0.39, 0.29) is 22.7 Å². The maximum Gasteiger partial charge on any atom is 0.121 e. The fourth-order valence-electron chi connectivity index (χ4n) is 3.18. The molecule has 0 aromatic carbocycles. The molecule has 1 saturated carbocycles. The number of hydrogen-bond acceptors (Lipinski definition) is 2. The Hall–Kier alpha value is -0.340. The lowest BCUT2D eigenvalue weighted by molar-refractivity contribution is 0.163. The van der Waals surface area contributed by atoms with Gasteiger partial charge in [-0.3, -0.25) is 0 Å². The highest BCUT2D eigenvalue weighted by Crippen LogP contribution is 2.65. The Balaban J connectivity index is 2.26. The van der Waals surface area contributed by atoms with Gasteiger partial charge in [0.15, 0.2) is 0 Å². The Morgan fingerprint density at radius 3 is 2.47 bits per heavy atom. The average Bonchev–Trinajstić information content (AvgIpc) is 2.70. The van der Waals surface area contributed by atoms with Crippen molar-refractivity contribution in [3.8, 4) is 0 Å². The predicted molar refractivity (Wildman–Crippen MR) is 60.7 cm³/mol. The standard InChI is InChI=1S/C13H22O2/c1-10(14)6-9-13-11(2,3)7-5-8-12(13,4)15-13/h6,9-10,14H,5,7-8H2,1-4H3/t10-,12-,13+/m1/s1. The normalized spacial score (nSPS) is 45.1. The van der Waals surface area contributed by atoms with Gasteiger partial charge in [0.25, 0.3) is 0 Å². The Labute approximate surface area is 92.3 Å². The van der Waals surface area contributed by atoms with Crippen LogP contribution >= 0.6 is 0 Å². The average molecular weight is 210 g/mol. The van der Waals surface area contributed by atoms with Gasteiger partial charge in [-0.2, -0.15) is 0 Å². The molecule has 2 fully saturated rings. The van der Waals surface area contributed by atoms with E-state index in [1.165, 1.54) is 12.8 Å². The van der Waals surface area contributed by atoms with Crippen LogP contribution in [0.2, 0.25) is 0 Å². The summed E-state index contributed by atoms with van der Waals surface area (Å²) in [6.45, 7) is 8.51. The van der Waals surface area contributed by atoms with Crippen LogP contribution in [0.1, 0.15) is 47.0 Å². The highest BCUT2D eigenvalue weighted by atomic mass is 16.6. The van der Waals surface area contributed by atoms with E-state index >= 15 is 0 Å². The first-order valence-corrected chi connectivity index (χ1v) is 5.91. The maximum atomic E-state index is 9.33. The number of hydrogen-bond donors (Lipinski definition) is 1. The minimum Gasteiger partial charge on any atom is -0.389 e. The number of epoxide rings is 1. The number of aliphatic hydroxyl groups excluding tert-OH is 1. The molecule has 1 N–H and O–H groups in total. The third-order valence-electron chi connectivity index (χ3n) is 4.20. The minimum atomic E-state index is -0.384. The smallest absolute Gasteiger partial charge is 0.121 e. The van der Waals surface area contributed by atoms with Crippen LogP contribution in [0.15, 0.2) is 12.2 Å². The summed E-state index contributed by atoms with van der Waals surface area (Å²) in [5.74, 6) is 0. The Bertz CT molecular complexity index is 293. The van der Waals surface area contributed by atoms with Crippen LogP contribution < -0.4 is 0 Å². The van der Waals surface area contributed by atoms with Crippen molar-refractivity contribution in [2.75, 3.05) is 0 Å². The van der Waals surface area contributed by atoms with Crippen molar-refractivity contribution < 1.29 is 9.84 Å². The van der Waals surface area contributed by atoms with Crippen LogP contribution in [0, 0.1) is 5.41 Å². The van der Waals surface area contributed by atoms with Crippen LogP contribution in [-0.4, -0.2) is 22.4 Å². The van der Waals surface area contributed by atoms with E-state index in [0.717, 1.165) is 6.42 Å². The van der Waals surface area contributed by atoms with E-state index < -0.39 is 0 Å². The Kier molecular flexibility index (Phi) is 2.29. The molecule has 2 aliphatic rings. The molecule has 0 aromatic heterocycles. The highest BCUT2D eigenvalue weighted by molar-refractivity contribution is 5.31. The topological polar surface area (TPSA) is 32.8 Å². The van der Waals surface area contributed by atoms with Gasteiger partial charge < -0.3 is 9.84 Å². The number of fused-ring (bicyclic) bond motifs is 1. The summed E-state index contributed by atoms with van der Waals surface area (Å²) in [5, 5.41) is 9.33. The minimum absolute atomic E-state index is 0.0140. The van der Waals surface area contributed by atoms with Crippen molar-refractivity contribution in [1.82, 2.24) is 0 Å². The van der Waals surface area contributed by atoms with Crippen LogP contribution in [0.25, 0.3) is 0 Å². The fourth-order valence-corrected chi connectivity index (χ4v) is 3.18. The van der Waals surface area contributed by atoms with Gasteiger partial charge in [0.05, 0.1) is 11.7 Å². The highest BCUT2D eigenvalue weighted by Gasteiger charge is 2.73. The second-order valence-electron chi connectivity index (χ2n) is 5.91. The number of aliphatic hydroxyl groups is 1. The number of ether oxygens (including phenoxy) is 1. The second kappa shape index (κ2) is 3.08. The van der Waals surface area contributed by atoms with Gasteiger partial charge in [-0.1, -0.05) is 26.0 Å². The first-order chi connectivity index (χ1) is 6.83. The molecule has 0 unspecified atom stereocenters. The largest absolute Gasteiger partial charge is 0.389 e. The van der Waals surface area contributed by atoms with Crippen molar-refractivity contribution in [3.05, 3.63) is 12.2 Å². The van der Waals surface area contributed by atoms with Crippen molar-refractivity contribution >= 4 is 0 Å². The van der Waals surface area contributed by atoms with Gasteiger partial charge >= 0.3 is 0 Å². The van der Waals surface area contributed by atoms with E-state index in [2.05, 4.69) is 26.8 Å². The number of rotatable bonds is 2. The van der Waals surface area contributed by atoms with Gasteiger partial charge in [0.2, 0.25) is 0 Å². The van der Waals surface area contributed by atoms with Crippen molar-refractivity contribution in [2.24, 2.45) is 5.41 Å². The molecule has 2 rings (SSSR count). The van der Waals surface area contributed by atoms with E-state index in [0.29, 0.717) is 0 Å². The molecule has 0 amide bonds. The first-order valence-electron chi connectivity index (χ1n) is 5.91. The fraction of sp³-hybridized carbons (Fsp3) is 0.846. The molecule has 0 radical (unpaired) electrons. The van der Waals surface area contributed by atoms with Crippen LogP contribution in [0.5, 0.6) is 0 Å². The predicted octanol–water partition coefficient (Wildman–Crippen LogP) is 2.66. The molecule has 3 atom stereocenters. The van der Waals surface area contributed by atoms with Crippen LogP contribution in [-0.2, 0) is 4.74 Å². The molecular weight excluding hydrogens is 188 g/mol. The van der Waals surface area contributed by atoms with E-state index in [1.807, 2.05) is 6.08 Å². The molecule has 1 heterocycles. The molecule has 15 heavy (non-hydrogen) atoms. The van der Waals surface area contributed by atoms with Gasteiger partial charge in [0, 0.05) is 5.41 Å². The summed E-state index contributed by atoms with van der Waals surface area (Å²) in [7, 11) is 0. The molecule has 1 saturated heterocycles. The quantitative estimate of drug-likeness (QED) is 0.561. The molecule has 0 bridgehead atoms. The second-order valence-corrected chi connectivity index (χ2v) is 5.91. The van der Waals surface area contributed by atoms with Crippen molar-refractivity contribution in [2.45, 2.75) is 64.3 Å². The summed E-state index contributed by atoms with van der Waals surface area (Å²) in [4.78, 5) is 0. The van der Waals surface area contributed by atoms with Crippen LogP contribution in [0.4, 0.5) is 0 Å². The van der Waals surface area contributed by atoms with Crippen molar-refractivity contribution in [3.63, 3.8) is 0 Å². The molecule has 2 heteroatoms. The monoisotopic (exact) mass is 210 g/mol. The third kappa shape index (κ3) is 1.46. The Morgan fingerprint density at radius 2 is 1.93 bits per heavy atom. The SMILES string of the molecule is C[C@@H](O)C=C[C@@]12O[C@]1(C)CCCC2(C)C. The Morgan fingerprint density at radius 1 is 1.27 bits per heavy atom. The van der Waals surface area contributed by atoms with E-state index in [1.54, 1.807) is 6.92 Å². The zero-order chi connectivity index (χ0) is 11.3. The van der Waals surface area contributed by atoms with Gasteiger partial charge in [-0.25, -0.2) is 0 Å². The molecule has 1 aliphatic carbocycles. The van der Waals surface area contributed by atoms with Gasteiger partial charge in [-0.05, 0) is 33.1 Å². The first kappa shape index (κ1) is 11.2. The third-order valence-corrected chi connectivity index (χ3v) is 4.20. The van der Waals surface area contributed by atoms with E-state index in [9.17, 15) is 5.11 Å². The van der Waals surface area contributed by atoms with Gasteiger partial charge in [0.1, 0.15) is 5.60 Å². The van der Waals surface area contributed by atoms with Crippen LogP contribution in [0.3, 0.4) is 0 Å². The lowest BCUT2D eigenvalue weighted by atomic mass is 9.64. The zero-order valence-electron chi connectivity index (χ0n) is 10.2. The molecular formula is C13H22O2. The summed E-state index contributed by atoms with van der Waals surface area (Å²) < 4.78 is 6.02. The molecule has 0 spiro atoms. The lowest BCUT2D eigenvalue weighted by Crippen LogP contribution is -2.41. The summed E-state index contributed by atoms with van der Waals surface area (Å²) in [6, 6.07) is 0. The lowest BCUT2D eigenvalue weighted by Gasteiger charge is -2.36. The molecule has 0 aromatic rings. The molecule has 2 nitrogen and oxygen atoms in total. The van der Waals surface area contributed by atoms with E-state index in [4.69, 9.17) is 4.74 Å². The van der Waals surface area contributed by atoms with Crippen molar-refractivity contribution in [1.29, 1.82) is 0 Å². The van der Waals surface area contributed by atoms with Gasteiger partial charge in [-0.15, -0.1) is 0 Å². The maximum absolute atomic E-state index is 9.33. The zero-order valence-corrected chi connectivity index (χ0v) is 10.2. The molecule has 1 aliphatic heterocycles. The summed E-state index contributed by atoms with van der Waals surface area (Å²) in [5.41, 5.74) is 0.0702. The summed E-state index contributed by atoms with van der Waals surface area (Å²) in [6.07, 6.45) is 7.15. The molecule has 86 valence electrons. The summed E-state index contributed by atoms with van der Waals surface area (Å²) >= 11 is 0.